The fraction of sp³-hybridized carbons (Fsp3) is 0.286. The molecule has 2 N–H and O–H groups in total. The molecule has 0 aliphatic rings. The number of anilines is 1. The van der Waals surface area contributed by atoms with E-state index in [1.165, 1.54) is 0 Å². The third-order valence-corrected chi connectivity index (χ3v) is 5.68. The number of carbonyl (C=O) groups excluding carboxylic acids is 1. The molecule has 2 heterocycles. The number of nitrogens with zero attached hydrogens (tertiary/aromatic N) is 2. The van der Waals surface area contributed by atoms with Crippen LogP contribution in [0, 0.1) is 6.92 Å². The van der Waals surface area contributed by atoms with Gasteiger partial charge in [-0.25, -0.2) is 9.97 Å². The van der Waals surface area contributed by atoms with Crippen molar-refractivity contribution in [2.24, 2.45) is 0 Å². The van der Waals surface area contributed by atoms with Crippen molar-refractivity contribution in [2.75, 3.05) is 19.0 Å². The van der Waals surface area contributed by atoms with Crippen LogP contribution in [-0.4, -0.2) is 29.5 Å². The predicted octanol–water partition coefficient (Wildman–Crippen LogP) is 4.44. The van der Waals surface area contributed by atoms with Gasteiger partial charge >= 0.3 is 0 Å². The van der Waals surface area contributed by atoms with Crippen molar-refractivity contribution in [2.45, 2.75) is 26.8 Å². The van der Waals surface area contributed by atoms with Gasteiger partial charge < -0.3 is 15.4 Å². The van der Waals surface area contributed by atoms with Crippen LogP contribution in [0.4, 0.5) is 5.82 Å². The summed E-state index contributed by atoms with van der Waals surface area (Å²) in [6.07, 6.45) is 1.59. The van der Waals surface area contributed by atoms with Gasteiger partial charge in [0.15, 0.2) is 0 Å². The fourth-order valence-electron chi connectivity index (χ4n) is 2.83. The number of ether oxygens (including phenoxy) is 1. The number of methoxy groups -OCH3 is 1. The molecule has 0 aliphatic heterocycles. The predicted molar refractivity (Wildman–Crippen MR) is 113 cm³/mol. The quantitative estimate of drug-likeness (QED) is 0.617. The van der Waals surface area contributed by atoms with Gasteiger partial charge in [-0.3, -0.25) is 4.79 Å². The van der Waals surface area contributed by atoms with Crippen molar-refractivity contribution in [3.05, 3.63) is 58.7 Å². The number of pyridine rings is 1. The van der Waals surface area contributed by atoms with E-state index in [1.807, 2.05) is 44.2 Å². The minimum absolute atomic E-state index is 0.0484. The van der Waals surface area contributed by atoms with Gasteiger partial charge in [0, 0.05) is 23.2 Å². The zero-order valence-corrected chi connectivity index (χ0v) is 17.3. The van der Waals surface area contributed by atoms with Crippen LogP contribution in [0.15, 0.2) is 42.6 Å². The highest BCUT2D eigenvalue weighted by Gasteiger charge is 2.16. The van der Waals surface area contributed by atoms with E-state index in [4.69, 9.17) is 9.72 Å². The largest absolute Gasteiger partial charge is 0.497 e. The Kier molecular flexibility index (Phi) is 6.26. The third-order valence-electron chi connectivity index (χ3n) is 4.29. The second-order valence-electron chi connectivity index (χ2n) is 6.35. The Morgan fingerprint density at radius 3 is 2.57 bits per heavy atom. The van der Waals surface area contributed by atoms with E-state index in [1.54, 1.807) is 30.7 Å². The molecule has 1 aromatic carbocycles. The van der Waals surface area contributed by atoms with E-state index in [9.17, 15) is 4.79 Å². The van der Waals surface area contributed by atoms with E-state index < -0.39 is 0 Å². The molecule has 0 saturated heterocycles. The van der Waals surface area contributed by atoms with Gasteiger partial charge in [0.1, 0.15) is 16.6 Å². The number of rotatable bonds is 7. The summed E-state index contributed by atoms with van der Waals surface area (Å²) in [7, 11) is 1.66. The van der Waals surface area contributed by atoms with Crippen LogP contribution >= 0.6 is 11.3 Å². The van der Waals surface area contributed by atoms with E-state index >= 15 is 0 Å². The Hall–Kier alpha value is -2.93. The molecule has 0 fully saturated rings. The molecule has 0 aliphatic carbocycles. The molecule has 1 atom stereocenters. The van der Waals surface area contributed by atoms with Gasteiger partial charge in [0.2, 0.25) is 0 Å². The maximum Gasteiger partial charge on any atom is 0.252 e. The minimum atomic E-state index is -0.114. The normalized spacial score (nSPS) is 11.7. The first-order valence-electron chi connectivity index (χ1n) is 9.14. The molecule has 2 aromatic heterocycles. The molecule has 0 saturated carbocycles. The molecule has 3 aromatic rings. The fourth-order valence-corrected chi connectivity index (χ4v) is 3.90. The van der Waals surface area contributed by atoms with Crippen molar-refractivity contribution < 1.29 is 9.53 Å². The van der Waals surface area contributed by atoms with E-state index in [0.717, 1.165) is 32.7 Å². The summed E-state index contributed by atoms with van der Waals surface area (Å²) in [5.41, 5.74) is 2.61. The standard InChI is InChI=1S/C21H24N4O2S/c1-5-22-20(26)16-8-11-18(23-12-16)24-13(2)19-14(3)25-21(28-19)15-6-9-17(27-4)10-7-15/h6-13H,5H2,1-4H3,(H,22,26)(H,23,24). The maximum atomic E-state index is 11.8. The van der Waals surface area contributed by atoms with E-state index in [0.29, 0.717) is 12.1 Å². The molecule has 1 amide bonds. The number of aryl methyl sites for hydroxylation is 1. The number of aromatic nitrogens is 2. The average Bonchev–Trinajstić information content (AvgIpc) is 3.10. The lowest BCUT2D eigenvalue weighted by Gasteiger charge is -2.13. The number of benzene rings is 1. The van der Waals surface area contributed by atoms with Crippen molar-refractivity contribution in [1.29, 1.82) is 0 Å². The van der Waals surface area contributed by atoms with Gasteiger partial charge in [-0.15, -0.1) is 11.3 Å². The molecule has 7 heteroatoms. The molecule has 146 valence electrons. The topological polar surface area (TPSA) is 76.1 Å². The SMILES string of the molecule is CCNC(=O)c1ccc(NC(C)c2sc(-c3ccc(OC)cc3)nc2C)nc1. The molecule has 0 bridgehead atoms. The van der Waals surface area contributed by atoms with E-state index in [-0.39, 0.29) is 11.9 Å². The Balaban J connectivity index is 1.73. The van der Waals surface area contributed by atoms with Gasteiger partial charge in [0.05, 0.1) is 24.4 Å². The first-order chi connectivity index (χ1) is 13.5. The lowest BCUT2D eigenvalue weighted by atomic mass is 10.2. The second kappa shape index (κ2) is 8.84. The zero-order chi connectivity index (χ0) is 20.1. The number of hydrogen-bond donors (Lipinski definition) is 2. The summed E-state index contributed by atoms with van der Waals surface area (Å²) in [6, 6.07) is 11.5. The highest BCUT2D eigenvalue weighted by atomic mass is 32.1. The van der Waals surface area contributed by atoms with Crippen molar-refractivity contribution in [1.82, 2.24) is 15.3 Å². The zero-order valence-electron chi connectivity index (χ0n) is 16.4. The summed E-state index contributed by atoms with van der Waals surface area (Å²) in [4.78, 5) is 22.1. The van der Waals surface area contributed by atoms with Crippen LogP contribution in [0.1, 0.15) is 40.8 Å². The molecule has 0 spiro atoms. The van der Waals surface area contributed by atoms with Crippen LogP contribution in [0.5, 0.6) is 5.75 Å². The molecular weight excluding hydrogens is 372 g/mol. The minimum Gasteiger partial charge on any atom is -0.497 e. The van der Waals surface area contributed by atoms with Crippen molar-refractivity contribution >= 4 is 23.1 Å². The van der Waals surface area contributed by atoms with Crippen LogP contribution in [-0.2, 0) is 0 Å². The Labute approximate surface area is 169 Å². The van der Waals surface area contributed by atoms with Gasteiger partial charge in [0.25, 0.3) is 5.91 Å². The van der Waals surface area contributed by atoms with Gasteiger partial charge in [-0.1, -0.05) is 0 Å². The molecule has 6 nitrogen and oxygen atoms in total. The summed E-state index contributed by atoms with van der Waals surface area (Å²) in [5.74, 6) is 1.44. The lowest BCUT2D eigenvalue weighted by Crippen LogP contribution is -2.22. The highest BCUT2D eigenvalue weighted by Crippen LogP contribution is 2.33. The van der Waals surface area contributed by atoms with Gasteiger partial charge in [-0.05, 0) is 57.2 Å². The summed E-state index contributed by atoms with van der Waals surface area (Å²) in [5, 5.41) is 7.13. The Morgan fingerprint density at radius 1 is 1.21 bits per heavy atom. The smallest absolute Gasteiger partial charge is 0.252 e. The number of hydrogen-bond acceptors (Lipinski definition) is 6. The maximum absolute atomic E-state index is 11.8. The van der Waals surface area contributed by atoms with Crippen LogP contribution in [0.2, 0.25) is 0 Å². The number of carbonyl (C=O) groups is 1. The third kappa shape index (κ3) is 4.48. The molecule has 28 heavy (non-hydrogen) atoms. The molecular formula is C21H24N4O2S. The van der Waals surface area contributed by atoms with Crippen LogP contribution in [0.3, 0.4) is 0 Å². The van der Waals surface area contributed by atoms with Gasteiger partial charge in [-0.2, -0.15) is 0 Å². The monoisotopic (exact) mass is 396 g/mol. The van der Waals surface area contributed by atoms with Crippen LogP contribution < -0.4 is 15.4 Å². The van der Waals surface area contributed by atoms with E-state index in [2.05, 4.69) is 22.5 Å². The van der Waals surface area contributed by atoms with Crippen molar-refractivity contribution in [3.8, 4) is 16.3 Å². The van der Waals surface area contributed by atoms with Crippen LogP contribution in [0.25, 0.3) is 10.6 Å². The summed E-state index contributed by atoms with van der Waals surface area (Å²) >= 11 is 1.66. The van der Waals surface area contributed by atoms with Crippen molar-refractivity contribution in [3.63, 3.8) is 0 Å². The number of nitrogens with one attached hydrogen (secondary N) is 2. The molecule has 3 rings (SSSR count). The average molecular weight is 397 g/mol. The molecule has 1 unspecified atom stereocenters. The highest BCUT2D eigenvalue weighted by molar-refractivity contribution is 7.15. The lowest BCUT2D eigenvalue weighted by molar-refractivity contribution is 0.0955. The second-order valence-corrected chi connectivity index (χ2v) is 7.39. The molecule has 0 radical (unpaired) electrons. The summed E-state index contributed by atoms with van der Waals surface area (Å²) < 4.78 is 5.22. The first kappa shape index (κ1) is 19.8. The summed E-state index contributed by atoms with van der Waals surface area (Å²) in [6.45, 7) is 6.58. The Morgan fingerprint density at radius 2 is 1.96 bits per heavy atom. The number of thiazole rings is 1. The number of amides is 1. The first-order valence-corrected chi connectivity index (χ1v) is 9.96. The Bertz CT molecular complexity index is 936.